The number of hydrogen-bond donors (Lipinski definition) is 0. The summed E-state index contributed by atoms with van der Waals surface area (Å²) in [5.41, 5.74) is 0.232. The van der Waals surface area contributed by atoms with E-state index in [4.69, 9.17) is 11.6 Å². The van der Waals surface area contributed by atoms with Gasteiger partial charge >= 0.3 is 0 Å². The van der Waals surface area contributed by atoms with Crippen molar-refractivity contribution in [1.82, 2.24) is 15.0 Å². The first kappa shape index (κ1) is 12.9. The van der Waals surface area contributed by atoms with Gasteiger partial charge in [0.1, 0.15) is 11.4 Å². The molecule has 96 valence electrons. The second-order valence-corrected chi connectivity index (χ2v) is 4.21. The van der Waals surface area contributed by atoms with E-state index in [1.54, 1.807) is 0 Å². The maximum atomic E-state index is 13.5. The smallest absolute Gasteiger partial charge is 0.161 e. The Morgan fingerprint density at radius 3 is 2.56 bits per heavy atom. The molecule has 0 amide bonds. The Labute approximate surface area is 106 Å². The summed E-state index contributed by atoms with van der Waals surface area (Å²) in [7, 11) is 0. The topological polar surface area (TPSA) is 30.7 Å². The van der Waals surface area contributed by atoms with Gasteiger partial charge in [-0.25, -0.2) is 17.9 Å². The number of nitrogens with zero attached hydrogens (tertiary/aromatic N) is 3. The summed E-state index contributed by atoms with van der Waals surface area (Å²) in [5.74, 6) is -3.32. The van der Waals surface area contributed by atoms with Gasteiger partial charge in [-0.15, -0.1) is 16.7 Å². The first-order chi connectivity index (χ1) is 8.52. The van der Waals surface area contributed by atoms with Crippen LogP contribution < -0.4 is 0 Å². The van der Waals surface area contributed by atoms with E-state index in [1.165, 1.54) is 6.20 Å². The zero-order valence-electron chi connectivity index (χ0n) is 9.37. The van der Waals surface area contributed by atoms with Crippen molar-refractivity contribution in [2.75, 3.05) is 0 Å². The SMILES string of the molecule is CCC(Cl)c1cn(-c2cc(F)c(F)cc2F)nn1. The Morgan fingerprint density at radius 1 is 1.22 bits per heavy atom. The molecule has 1 atom stereocenters. The number of aromatic nitrogens is 3. The second kappa shape index (κ2) is 4.97. The maximum absolute atomic E-state index is 13.5. The molecule has 1 aromatic carbocycles. The van der Waals surface area contributed by atoms with Crippen LogP contribution in [0.1, 0.15) is 24.4 Å². The molecule has 2 aromatic rings. The molecule has 0 fully saturated rings. The van der Waals surface area contributed by atoms with E-state index in [-0.39, 0.29) is 11.1 Å². The first-order valence-corrected chi connectivity index (χ1v) is 5.67. The van der Waals surface area contributed by atoms with Crippen molar-refractivity contribution in [2.24, 2.45) is 0 Å². The van der Waals surface area contributed by atoms with E-state index in [9.17, 15) is 13.2 Å². The van der Waals surface area contributed by atoms with Crippen LogP contribution in [-0.2, 0) is 0 Å². The van der Waals surface area contributed by atoms with Crippen LogP contribution in [0, 0.1) is 17.5 Å². The van der Waals surface area contributed by atoms with E-state index in [2.05, 4.69) is 10.3 Å². The number of alkyl halides is 1. The molecule has 0 radical (unpaired) electrons. The monoisotopic (exact) mass is 275 g/mol. The van der Waals surface area contributed by atoms with Gasteiger partial charge in [-0.3, -0.25) is 0 Å². The predicted octanol–water partition coefficient (Wildman–Crippen LogP) is 3.37. The minimum absolute atomic E-state index is 0.215. The Balaban J connectivity index is 2.43. The summed E-state index contributed by atoms with van der Waals surface area (Å²) in [6, 6.07) is 1.18. The molecule has 1 aromatic heterocycles. The van der Waals surface area contributed by atoms with Crippen molar-refractivity contribution < 1.29 is 13.2 Å². The van der Waals surface area contributed by atoms with Crippen LogP contribution in [0.3, 0.4) is 0 Å². The van der Waals surface area contributed by atoms with Crippen molar-refractivity contribution in [2.45, 2.75) is 18.7 Å². The fraction of sp³-hybridized carbons (Fsp3) is 0.273. The molecular formula is C11H9ClF3N3. The quantitative estimate of drug-likeness (QED) is 0.635. The zero-order valence-corrected chi connectivity index (χ0v) is 10.1. The average Bonchev–Trinajstić information content (AvgIpc) is 2.82. The third-order valence-corrected chi connectivity index (χ3v) is 2.96. The predicted molar refractivity (Wildman–Crippen MR) is 60.1 cm³/mol. The molecule has 0 saturated carbocycles. The lowest BCUT2D eigenvalue weighted by atomic mass is 10.2. The van der Waals surface area contributed by atoms with E-state index in [0.717, 1.165) is 10.7 Å². The Morgan fingerprint density at radius 2 is 1.89 bits per heavy atom. The molecule has 3 nitrogen and oxygen atoms in total. The highest BCUT2D eigenvalue weighted by atomic mass is 35.5. The zero-order chi connectivity index (χ0) is 13.3. The molecule has 1 heterocycles. The van der Waals surface area contributed by atoms with Gasteiger partial charge in [0.2, 0.25) is 0 Å². The van der Waals surface area contributed by atoms with Crippen LogP contribution in [0.4, 0.5) is 13.2 Å². The van der Waals surface area contributed by atoms with Crippen molar-refractivity contribution in [1.29, 1.82) is 0 Å². The van der Waals surface area contributed by atoms with Crippen molar-refractivity contribution in [3.05, 3.63) is 41.5 Å². The third-order valence-electron chi connectivity index (χ3n) is 2.43. The molecule has 18 heavy (non-hydrogen) atoms. The minimum atomic E-state index is -1.25. The highest BCUT2D eigenvalue weighted by Gasteiger charge is 2.15. The summed E-state index contributed by atoms with van der Waals surface area (Å²) in [4.78, 5) is 0. The van der Waals surface area contributed by atoms with Gasteiger partial charge < -0.3 is 0 Å². The van der Waals surface area contributed by atoms with E-state index < -0.39 is 17.5 Å². The fourth-order valence-electron chi connectivity index (χ4n) is 1.43. The number of benzene rings is 1. The molecule has 2 rings (SSSR count). The Hall–Kier alpha value is -1.56. The Kier molecular flexibility index (Phi) is 3.56. The lowest BCUT2D eigenvalue weighted by Gasteiger charge is -2.03. The van der Waals surface area contributed by atoms with Gasteiger partial charge in [-0.2, -0.15) is 0 Å². The lowest BCUT2D eigenvalue weighted by molar-refractivity contribution is 0.491. The van der Waals surface area contributed by atoms with Gasteiger partial charge in [0.25, 0.3) is 0 Å². The van der Waals surface area contributed by atoms with Crippen molar-refractivity contribution >= 4 is 11.6 Å². The summed E-state index contributed by atoms with van der Waals surface area (Å²) >= 11 is 5.94. The molecule has 0 N–H and O–H groups in total. The van der Waals surface area contributed by atoms with E-state index >= 15 is 0 Å². The third kappa shape index (κ3) is 2.33. The summed E-state index contributed by atoms with van der Waals surface area (Å²) in [6.07, 6.45) is 2.01. The second-order valence-electron chi connectivity index (χ2n) is 3.68. The highest BCUT2D eigenvalue weighted by molar-refractivity contribution is 6.20. The van der Waals surface area contributed by atoms with Gasteiger partial charge in [0, 0.05) is 12.1 Å². The number of rotatable bonds is 3. The van der Waals surface area contributed by atoms with Gasteiger partial charge in [0.05, 0.1) is 11.6 Å². The summed E-state index contributed by atoms with van der Waals surface area (Å²) in [5, 5.41) is 7.04. The van der Waals surface area contributed by atoms with Gasteiger partial charge in [0.15, 0.2) is 17.5 Å². The van der Waals surface area contributed by atoms with Crippen LogP contribution in [0.25, 0.3) is 5.69 Å². The molecule has 0 aliphatic heterocycles. The number of halogens is 4. The van der Waals surface area contributed by atoms with Crippen LogP contribution in [0.15, 0.2) is 18.3 Å². The average molecular weight is 276 g/mol. The highest BCUT2D eigenvalue weighted by Crippen LogP contribution is 2.23. The molecular weight excluding hydrogens is 267 g/mol. The standard InChI is InChI=1S/C11H9ClF3N3/c1-2-6(12)10-5-18(17-16-10)11-4-8(14)7(13)3-9(11)15/h3-6H,2H2,1H3. The van der Waals surface area contributed by atoms with Crippen LogP contribution in [0.5, 0.6) is 0 Å². The van der Waals surface area contributed by atoms with Crippen molar-refractivity contribution in [3.63, 3.8) is 0 Å². The maximum Gasteiger partial charge on any atom is 0.161 e. The van der Waals surface area contributed by atoms with Crippen LogP contribution >= 0.6 is 11.6 Å². The van der Waals surface area contributed by atoms with Crippen LogP contribution in [0.2, 0.25) is 0 Å². The van der Waals surface area contributed by atoms with Gasteiger partial charge in [-0.1, -0.05) is 12.1 Å². The van der Waals surface area contributed by atoms with E-state index in [1.807, 2.05) is 6.92 Å². The van der Waals surface area contributed by atoms with E-state index in [0.29, 0.717) is 18.2 Å². The molecule has 0 saturated heterocycles. The van der Waals surface area contributed by atoms with Crippen LogP contribution in [-0.4, -0.2) is 15.0 Å². The number of hydrogen-bond acceptors (Lipinski definition) is 2. The minimum Gasteiger partial charge on any atom is -0.217 e. The molecule has 7 heteroatoms. The van der Waals surface area contributed by atoms with Crippen molar-refractivity contribution in [3.8, 4) is 5.69 Å². The summed E-state index contributed by atoms with van der Waals surface area (Å²) < 4.78 is 40.3. The molecule has 1 unspecified atom stereocenters. The fourth-order valence-corrected chi connectivity index (χ4v) is 1.53. The lowest BCUT2D eigenvalue weighted by Crippen LogP contribution is -2.01. The normalized spacial score (nSPS) is 12.7. The molecule has 0 bridgehead atoms. The van der Waals surface area contributed by atoms with Gasteiger partial charge in [-0.05, 0) is 6.42 Å². The molecule has 0 aliphatic rings. The first-order valence-electron chi connectivity index (χ1n) is 5.24. The Bertz CT molecular complexity index is 571. The molecule has 0 spiro atoms. The molecule has 0 aliphatic carbocycles. The largest absolute Gasteiger partial charge is 0.217 e. The summed E-state index contributed by atoms with van der Waals surface area (Å²) in [6.45, 7) is 1.86.